The van der Waals surface area contributed by atoms with Crippen molar-refractivity contribution < 1.29 is 14.4 Å². The number of hydrogen-bond acceptors (Lipinski definition) is 3. The van der Waals surface area contributed by atoms with Gasteiger partial charge in [0.15, 0.2) is 0 Å². The lowest BCUT2D eigenvalue weighted by Crippen LogP contribution is -2.22. The summed E-state index contributed by atoms with van der Waals surface area (Å²) in [6.07, 6.45) is 1.84. The van der Waals surface area contributed by atoms with Gasteiger partial charge in [-0.3, -0.25) is 14.9 Å². The van der Waals surface area contributed by atoms with Gasteiger partial charge < -0.3 is 4.79 Å². The summed E-state index contributed by atoms with van der Waals surface area (Å²) in [6.45, 7) is 0. The van der Waals surface area contributed by atoms with Crippen LogP contribution in [0.5, 0.6) is 0 Å². The molecular weight excluding hydrogens is 146 g/mol. The van der Waals surface area contributed by atoms with E-state index >= 15 is 0 Å². The predicted octanol–water partition coefficient (Wildman–Crippen LogP) is -0.372. The molecule has 2 amide bonds. The topological polar surface area (TPSA) is 63.2 Å². The van der Waals surface area contributed by atoms with Crippen LogP contribution < -0.4 is 5.32 Å². The van der Waals surface area contributed by atoms with Crippen LogP contribution >= 0.6 is 0 Å². The van der Waals surface area contributed by atoms with Crippen molar-refractivity contribution in [1.29, 1.82) is 0 Å². The molecule has 0 saturated carbocycles. The molecule has 0 aromatic rings. The predicted molar refractivity (Wildman–Crippen MR) is 36.6 cm³/mol. The fraction of sp³-hybridized carbons (Fsp3) is 0.571. The summed E-state index contributed by atoms with van der Waals surface area (Å²) < 4.78 is 0. The molecule has 4 nitrogen and oxygen atoms in total. The third-order valence-corrected chi connectivity index (χ3v) is 1.70. The summed E-state index contributed by atoms with van der Waals surface area (Å²) in [4.78, 5) is 31.4. The number of carbonyl (C=O) groups excluding carboxylic acids is 3. The van der Waals surface area contributed by atoms with E-state index in [4.69, 9.17) is 0 Å². The Hall–Kier alpha value is -1.19. The van der Waals surface area contributed by atoms with Gasteiger partial charge in [-0.2, -0.15) is 0 Å². The highest BCUT2D eigenvalue weighted by atomic mass is 16.2. The van der Waals surface area contributed by atoms with Crippen molar-refractivity contribution in [1.82, 2.24) is 5.32 Å². The summed E-state index contributed by atoms with van der Waals surface area (Å²) in [5.74, 6) is -0.740. The second kappa shape index (κ2) is 3.27. The Morgan fingerprint density at radius 1 is 1.55 bits per heavy atom. The van der Waals surface area contributed by atoms with E-state index in [2.05, 4.69) is 5.32 Å². The van der Waals surface area contributed by atoms with E-state index in [9.17, 15) is 14.4 Å². The highest BCUT2D eigenvalue weighted by Gasteiger charge is 2.29. The van der Waals surface area contributed by atoms with Crippen LogP contribution in [-0.4, -0.2) is 18.1 Å². The Balaban J connectivity index is 2.40. The number of rotatable bonds is 3. The minimum absolute atomic E-state index is 0.231. The van der Waals surface area contributed by atoms with Crippen LogP contribution in [0.4, 0.5) is 0 Å². The van der Waals surface area contributed by atoms with Crippen LogP contribution in [0.15, 0.2) is 0 Å². The summed E-state index contributed by atoms with van der Waals surface area (Å²) in [7, 11) is 0. The SMILES string of the molecule is O=CCCC1CC(=O)NC1=O. The van der Waals surface area contributed by atoms with Crippen LogP contribution in [0.3, 0.4) is 0 Å². The molecule has 1 fully saturated rings. The second-order valence-electron chi connectivity index (χ2n) is 2.56. The average molecular weight is 155 g/mol. The van der Waals surface area contributed by atoms with Gasteiger partial charge in [0.2, 0.25) is 11.8 Å². The molecule has 11 heavy (non-hydrogen) atoms. The average Bonchev–Trinajstić information content (AvgIpc) is 2.26. The molecule has 1 heterocycles. The molecule has 1 unspecified atom stereocenters. The number of nitrogens with one attached hydrogen (secondary N) is 1. The van der Waals surface area contributed by atoms with Gasteiger partial charge >= 0.3 is 0 Å². The summed E-state index contributed by atoms with van der Waals surface area (Å²) >= 11 is 0. The fourth-order valence-electron chi connectivity index (χ4n) is 1.11. The van der Waals surface area contributed by atoms with Gasteiger partial charge in [-0.15, -0.1) is 0 Å². The number of imide groups is 1. The van der Waals surface area contributed by atoms with E-state index in [1.54, 1.807) is 0 Å². The van der Waals surface area contributed by atoms with Crippen molar-refractivity contribution in [3.63, 3.8) is 0 Å². The van der Waals surface area contributed by atoms with Crippen LogP contribution in [0.2, 0.25) is 0 Å². The zero-order valence-electron chi connectivity index (χ0n) is 6.00. The monoisotopic (exact) mass is 155 g/mol. The van der Waals surface area contributed by atoms with Gasteiger partial charge in [0.1, 0.15) is 6.29 Å². The standard InChI is InChI=1S/C7H9NO3/c9-3-1-2-5-4-6(10)8-7(5)11/h3,5H,1-2,4H2,(H,8,10,11). The van der Waals surface area contributed by atoms with Gasteiger partial charge in [-0.1, -0.05) is 0 Å². The maximum atomic E-state index is 10.8. The van der Waals surface area contributed by atoms with E-state index in [-0.39, 0.29) is 24.2 Å². The Bertz CT molecular complexity index is 200. The van der Waals surface area contributed by atoms with Crippen LogP contribution in [0.1, 0.15) is 19.3 Å². The van der Waals surface area contributed by atoms with Gasteiger partial charge in [0, 0.05) is 18.8 Å². The largest absolute Gasteiger partial charge is 0.303 e. The molecule has 0 aromatic carbocycles. The second-order valence-corrected chi connectivity index (χ2v) is 2.56. The number of hydrogen-bond donors (Lipinski definition) is 1. The fourth-order valence-corrected chi connectivity index (χ4v) is 1.11. The zero-order valence-corrected chi connectivity index (χ0v) is 6.00. The maximum Gasteiger partial charge on any atom is 0.230 e. The van der Waals surface area contributed by atoms with Crippen molar-refractivity contribution in [3.8, 4) is 0 Å². The molecular formula is C7H9NO3. The van der Waals surface area contributed by atoms with Gasteiger partial charge in [-0.05, 0) is 6.42 Å². The smallest absolute Gasteiger partial charge is 0.230 e. The molecule has 0 radical (unpaired) electrons. The third kappa shape index (κ3) is 1.86. The van der Waals surface area contributed by atoms with Gasteiger partial charge in [0.05, 0.1) is 0 Å². The highest BCUT2D eigenvalue weighted by Crippen LogP contribution is 2.15. The molecule has 60 valence electrons. The summed E-state index contributed by atoms with van der Waals surface area (Å²) in [5.41, 5.74) is 0. The van der Waals surface area contributed by atoms with E-state index in [0.717, 1.165) is 6.29 Å². The first-order valence-corrected chi connectivity index (χ1v) is 3.51. The molecule has 4 heteroatoms. The van der Waals surface area contributed by atoms with Crippen molar-refractivity contribution in [2.24, 2.45) is 5.92 Å². The lowest BCUT2D eigenvalue weighted by molar-refractivity contribution is -0.125. The van der Waals surface area contributed by atoms with E-state index < -0.39 is 0 Å². The van der Waals surface area contributed by atoms with Crippen LogP contribution in [0.25, 0.3) is 0 Å². The zero-order chi connectivity index (χ0) is 8.27. The molecule has 1 saturated heterocycles. The molecule has 1 aliphatic rings. The van der Waals surface area contributed by atoms with Crippen LogP contribution in [0, 0.1) is 5.92 Å². The Kier molecular flexibility index (Phi) is 2.36. The van der Waals surface area contributed by atoms with Crippen molar-refractivity contribution in [2.45, 2.75) is 19.3 Å². The lowest BCUT2D eigenvalue weighted by Gasteiger charge is -1.99. The number of carbonyl (C=O) groups is 3. The Morgan fingerprint density at radius 2 is 2.27 bits per heavy atom. The first-order chi connectivity index (χ1) is 5.24. The summed E-state index contributed by atoms with van der Waals surface area (Å²) in [6, 6.07) is 0. The van der Waals surface area contributed by atoms with Crippen LogP contribution in [-0.2, 0) is 14.4 Å². The van der Waals surface area contributed by atoms with Crippen molar-refractivity contribution in [2.75, 3.05) is 0 Å². The highest BCUT2D eigenvalue weighted by molar-refractivity contribution is 6.03. The third-order valence-electron chi connectivity index (χ3n) is 1.70. The van der Waals surface area contributed by atoms with Gasteiger partial charge in [-0.25, -0.2) is 0 Å². The minimum Gasteiger partial charge on any atom is -0.303 e. The number of aldehydes is 1. The number of amides is 2. The minimum atomic E-state index is -0.271. The molecule has 1 aliphatic heterocycles. The van der Waals surface area contributed by atoms with Crippen molar-refractivity contribution >= 4 is 18.1 Å². The lowest BCUT2D eigenvalue weighted by atomic mass is 10.0. The molecule has 0 aliphatic carbocycles. The normalized spacial score (nSPS) is 23.5. The summed E-state index contributed by atoms with van der Waals surface area (Å²) in [5, 5.41) is 2.18. The molecule has 1 rings (SSSR count). The molecule has 0 aromatic heterocycles. The first kappa shape index (κ1) is 7.91. The molecule has 1 atom stereocenters. The first-order valence-electron chi connectivity index (χ1n) is 3.51. The molecule has 0 spiro atoms. The maximum absolute atomic E-state index is 10.8. The van der Waals surface area contributed by atoms with Gasteiger partial charge in [0.25, 0.3) is 0 Å². The van der Waals surface area contributed by atoms with Crippen molar-refractivity contribution in [3.05, 3.63) is 0 Å². The Morgan fingerprint density at radius 3 is 2.73 bits per heavy atom. The molecule has 0 bridgehead atoms. The van der Waals surface area contributed by atoms with E-state index in [1.165, 1.54) is 0 Å². The van der Waals surface area contributed by atoms with E-state index in [0.29, 0.717) is 12.8 Å². The quantitative estimate of drug-likeness (QED) is 0.446. The van der Waals surface area contributed by atoms with E-state index in [1.807, 2.05) is 0 Å². The molecule has 1 N–H and O–H groups in total. The Labute approximate surface area is 64.0 Å².